The predicted octanol–water partition coefficient (Wildman–Crippen LogP) is 0.783. The first-order chi connectivity index (χ1) is 6.65. The van der Waals surface area contributed by atoms with Crippen molar-refractivity contribution in [3.63, 3.8) is 0 Å². The smallest absolute Gasteiger partial charge is 0.0558 e. The van der Waals surface area contributed by atoms with Gasteiger partial charge in [0, 0.05) is 18.6 Å². The molecular weight excluding hydrogens is 176 g/mol. The molecule has 0 aromatic carbocycles. The van der Waals surface area contributed by atoms with Crippen molar-refractivity contribution >= 4 is 0 Å². The van der Waals surface area contributed by atoms with Crippen molar-refractivity contribution in [3.05, 3.63) is 0 Å². The van der Waals surface area contributed by atoms with Gasteiger partial charge in [0.25, 0.3) is 0 Å². The molecule has 0 unspecified atom stereocenters. The third kappa shape index (κ3) is 3.23. The Morgan fingerprint density at radius 1 is 1.00 bits per heavy atom. The Morgan fingerprint density at radius 3 is 1.93 bits per heavy atom. The van der Waals surface area contributed by atoms with Gasteiger partial charge in [-0.1, -0.05) is 0 Å². The molecule has 1 fully saturated rings. The van der Waals surface area contributed by atoms with Gasteiger partial charge in [0.15, 0.2) is 0 Å². The summed E-state index contributed by atoms with van der Waals surface area (Å²) in [5, 5.41) is 8.86. The van der Waals surface area contributed by atoms with Gasteiger partial charge in [-0.15, -0.1) is 0 Å². The molecule has 0 aromatic rings. The summed E-state index contributed by atoms with van der Waals surface area (Å²) in [6, 6.07) is 1.46. The maximum atomic E-state index is 8.86. The Bertz CT molecular complexity index is 153. The molecule has 1 aliphatic carbocycles. The minimum absolute atomic E-state index is 0.282. The number of nitrogens with zero attached hydrogens (tertiary/aromatic N) is 2. The molecule has 0 saturated heterocycles. The van der Waals surface area contributed by atoms with Crippen LogP contribution < -0.4 is 0 Å². The Morgan fingerprint density at radius 2 is 1.50 bits per heavy atom. The van der Waals surface area contributed by atoms with Crippen LogP contribution in [0.15, 0.2) is 0 Å². The summed E-state index contributed by atoms with van der Waals surface area (Å²) < 4.78 is 0. The van der Waals surface area contributed by atoms with Gasteiger partial charge in [0.2, 0.25) is 0 Å². The Balaban J connectivity index is 2.28. The van der Waals surface area contributed by atoms with Crippen molar-refractivity contribution in [1.29, 1.82) is 0 Å². The van der Waals surface area contributed by atoms with Gasteiger partial charge in [0.1, 0.15) is 0 Å². The van der Waals surface area contributed by atoms with Crippen molar-refractivity contribution < 1.29 is 5.11 Å². The molecule has 0 radical (unpaired) electrons. The molecule has 1 aliphatic rings. The monoisotopic (exact) mass is 200 g/mol. The fourth-order valence-corrected chi connectivity index (χ4v) is 2.36. The quantitative estimate of drug-likeness (QED) is 0.726. The van der Waals surface area contributed by atoms with Crippen LogP contribution in [0.25, 0.3) is 0 Å². The maximum Gasteiger partial charge on any atom is 0.0558 e. The molecule has 3 heteroatoms. The predicted molar refractivity (Wildman–Crippen MR) is 59.4 cm³/mol. The van der Waals surface area contributed by atoms with E-state index in [1.165, 1.54) is 25.7 Å². The summed E-state index contributed by atoms with van der Waals surface area (Å²) in [7, 11) is 6.46. The van der Waals surface area contributed by atoms with E-state index in [1.54, 1.807) is 0 Å². The molecule has 0 atom stereocenters. The first-order valence-electron chi connectivity index (χ1n) is 5.62. The Hall–Kier alpha value is -0.120. The van der Waals surface area contributed by atoms with Gasteiger partial charge in [-0.2, -0.15) is 0 Å². The van der Waals surface area contributed by atoms with Crippen LogP contribution in [0.5, 0.6) is 0 Å². The standard InChI is InChI=1S/C11H24N2O/c1-12(2)10-4-6-11(7-5-10)13(3)8-9-14/h10-11,14H,4-9H2,1-3H3. The van der Waals surface area contributed by atoms with E-state index in [4.69, 9.17) is 5.11 Å². The number of hydrogen-bond donors (Lipinski definition) is 1. The van der Waals surface area contributed by atoms with Gasteiger partial charge < -0.3 is 14.9 Å². The fraction of sp³-hybridized carbons (Fsp3) is 1.00. The third-order valence-electron chi connectivity index (χ3n) is 3.47. The molecule has 14 heavy (non-hydrogen) atoms. The van der Waals surface area contributed by atoms with Crippen LogP contribution in [0.4, 0.5) is 0 Å². The summed E-state index contributed by atoms with van der Waals surface area (Å²) in [5.41, 5.74) is 0. The highest BCUT2D eigenvalue weighted by atomic mass is 16.3. The molecule has 1 N–H and O–H groups in total. The number of hydrogen-bond acceptors (Lipinski definition) is 3. The van der Waals surface area contributed by atoms with Gasteiger partial charge in [-0.05, 0) is 46.8 Å². The first kappa shape index (κ1) is 12.0. The van der Waals surface area contributed by atoms with Crippen molar-refractivity contribution in [3.8, 4) is 0 Å². The number of aliphatic hydroxyl groups is 1. The second-order valence-corrected chi connectivity index (χ2v) is 4.63. The SMILES string of the molecule is CN(C)C1CCC(N(C)CCO)CC1. The number of aliphatic hydroxyl groups excluding tert-OH is 1. The summed E-state index contributed by atoms with van der Waals surface area (Å²) >= 11 is 0. The highest BCUT2D eigenvalue weighted by Crippen LogP contribution is 2.24. The zero-order chi connectivity index (χ0) is 10.6. The van der Waals surface area contributed by atoms with Crippen LogP contribution in [-0.4, -0.2) is 61.3 Å². The maximum absolute atomic E-state index is 8.86. The van der Waals surface area contributed by atoms with E-state index >= 15 is 0 Å². The highest BCUT2D eigenvalue weighted by molar-refractivity contribution is 4.81. The van der Waals surface area contributed by atoms with Crippen molar-refractivity contribution in [2.45, 2.75) is 37.8 Å². The average molecular weight is 200 g/mol. The minimum atomic E-state index is 0.282. The Labute approximate surface area is 87.7 Å². The average Bonchev–Trinajstić information content (AvgIpc) is 2.18. The lowest BCUT2D eigenvalue weighted by Gasteiger charge is -2.36. The zero-order valence-electron chi connectivity index (χ0n) is 9.74. The summed E-state index contributed by atoms with van der Waals surface area (Å²) in [6.07, 6.45) is 5.15. The largest absolute Gasteiger partial charge is 0.395 e. The molecule has 1 rings (SSSR count). The van der Waals surface area contributed by atoms with Crippen molar-refractivity contribution in [2.75, 3.05) is 34.3 Å². The van der Waals surface area contributed by atoms with Crippen molar-refractivity contribution in [1.82, 2.24) is 9.80 Å². The molecule has 0 spiro atoms. The molecule has 84 valence electrons. The first-order valence-corrected chi connectivity index (χ1v) is 5.62. The zero-order valence-corrected chi connectivity index (χ0v) is 9.74. The summed E-state index contributed by atoms with van der Waals surface area (Å²) in [4.78, 5) is 4.63. The molecule has 0 amide bonds. The molecule has 3 nitrogen and oxygen atoms in total. The minimum Gasteiger partial charge on any atom is -0.395 e. The summed E-state index contributed by atoms with van der Waals surface area (Å²) in [6.45, 7) is 1.10. The van der Waals surface area contributed by atoms with Crippen LogP contribution >= 0.6 is 0 Å². The topological polar surface area (TPSA) is 26.7 Å². The van der Waals surface area contributed by atoms with Crippen molar-refractivity contribution in [2.24, 2.45) is 0 Å². The molecule has 0 aromatic heterocycles. The second kappa shape index (κ2) is 5.69. The summed E-state index contributed by atoms with van der Waals surface area (Å²) in [5.74, 6) is 0. The van der Waals surface area contributed by atoms with E-state index in [0.29, 0.717) is 6.04 Å². The normalized spacial score (nSPS) is 28.7. The van der Waals surface area contributed by atoms with Gasteiger partial charge in [-0.3, -0.25) is 0 Å². The molecule has 0 aliphatic heterocycles. The molecule has 1 saturated carbocycles. The molecule has 0 heterocycles. The van der Waals surface area contributed by atoms with E-state index < -0.39 is 0 Å². The van der Waals surface area contributed by atoms with Crippen LogP contribution in [0.1, 0.15) is 25.7 Å². The van der Waals surface area contributed by atoms with E-state index in [1.807, 2.05) is 0 Å². The fourth-order valence-electron chi connectivity index (χ4n) is 2.36. The van der Waals surface area contributed by atoms with E-state index in [-0.39, 0.29) is 6.61 Å². The third-order valence-corrected chi connectivity index (χ3v) is 3.47. The van der Waals surface area contributed by atoms with Gasteiger partial charge in [-0.25, -0.2) is 0 Å². The highest BCUT2D eigenvalue weighted by Gasteiger charge is 2.24. The lowest BCUT2D eigenvalue weighted by molar-refractivity contribution is 0.120. The molecular formula is C11H24N2O. The van der Waals surface area contributed by atoms with Gasteiger partial charge in [0.05, 0.1) is 6.61 Å². The van der Waals surface area contributed by atoms with Crippen LogP contribution in [0.3, 0.4) is 0 Å². The van der Waals surface area contributed by atoms with E-state index in [2.05, 4.69) is 30.9 Å². The van der Waals surface area contributed by atoms with Crippen LogP contribution in [0.2, 0.25) is 0 Å². The molecule has 0 bridgehead atoms. The van der Waals surface area contributed by atoms with E-state index in [9.17, 15) is 0 Å². The second-order valence-electron chi connectivity index (χ2n) is 4.63. The van der Waals surface area contributed by atoms with E-state index in [0.717, 1.165) is 12.6 Å². The van der Waals surface area contributed by atoms with Gasteiger partial charge >= 0.3 is 0 Å². The van der Waals surface area contributed by atoms with Crippen LogP contribution in [0, 0.1) is 0 Å². The number of likely N-dealkylation sites (N-methyl/N-ethyl adjacent to an activating group) is 1. The lowest BCUT2D eigenvalue weighted by atomic mass is 9.90. The lowest BCUT2D eigenvalue weighted by Crippen LogP contribution is -2.41. The van der Waals surface area contributed by atoms with Crippen LogP contribution in [-0.2, 0) is 0 Å². The Kier molecular flexibility index (Phi) is 4.85. The number of rotatable bonds is 4.